The second-order valence-corrected chi connectivity index (χ2v) is 5.34. The van der Waals surface area contributed by atoms with Crippen molar-refractivity contribution in [1.29, 1.82) is 0 Å². The normalized spacial score (nSPS) is 13.6. The largest absolute Gasteiger partial charge is 0.490 e. The average molecular weight is 331 g/mol. The number of amides is 1. The first-order chi connectivity index (χ1) is 11.2. The third-order valence-electron chi connectivity index (χ3n) is 3.28. The molecule has 1 amide bonds. The van der Waals surface area contributed by atoms with Gasteiger partial charge in [0.15, 0.2) is 11.5 Å². The Morgan fingerprint density at radius 3 is 2.74 bits per heavy atom. The molecule has 1 heterocycles. The van der Waals surface area contributed by atoms with Gasteiger partial charge in [-0.05, 0) is 24.3 Å². The van der Waals surface area contributed by atoms with E-state index in [1.165, 1.54) is 6.21 Å². The molecular formula is C17H15ClN2O3. The number of benzene rings is 2. The maximum Gasteiger partial charge on any atom is 0.271 e. The summed E-state index contributed by atoms with van der Waals surface area (Å²) in [5.41, 5.74) is 3.65. The van der Waals surface area contributed by atoms with Crippen LogP contribution in [0.3, 0.4) is 0 Å². The molecule has 1 N–H and O–H groups in total. The van der Waals surface area contributed by atoms with Crippen LogP contribution in [0.1, 0.15) is 22.3 Å². The topological polar surface area (TPSA) is 59.9 Å². The van der Waals surface area contributed by atoms with Crippen LogP contribution in [-0.4, -0.2) is 25.3 Å². The number of ether oxygens (including phenoxy) is 2. The lowest BCUT2D eigenvalue weighted by molar-refractivity contribution is 0.0954. The number of hydrogen-bond acceptors (Lipinski definition) is 4. The van der Waals surface area contributed by atoms with Gasteiger partial charge in [0.25, 0.3) is 5.91 Å². The van der Waals surface area contributed by atoms with Crippen molar-refractivity contribution in [2.45, 2.75) is 6.42 Å². The minimum atomic E-state index is -0.330. The fourth-order valence-corrected chi connectivity index (χ4v) is 2.29. The predicted molar refractivity (Wildman–Crippen MR) is 88.6 cm³/mol. The summed E-state index contributed by atoms with van der Waals surface area (Å²) in [4.78, 5) is 12.1. The SMILES string of the molecule is O=C(N/N=C/c1ccccc1Cl)c1ccc2c(c1)OCCCO2. The minimum absolute atomic E-state index is 0.330. The molecule has 0 saturated carbocycles. The summed E-state index contributed by atoms with van der Waals surface area (Å²) in [5.74, 6) is 0.896. The monoisotopic (exact) mass is 330 g/mol. The van der Waals surface area contributed by atoms with Crippen LogP contribution in [0.4, 0.5) is 0 Å². The van der Waals surface area contributed by atoms with Crippen LogP contribution in [0.15, 0.2) is 47.6 Å². The summed E-state index contributed by atoms with van der Waals surface area (Å²) in [6, 6.07) is 12.3. The van der Waals surface area contributed by atoms with Gasteiger partial charge in [-0.3, -0.25) is 4.79 Å². The molecule has 0 fully saturated rings. The van der Waals surface area contributed by atoms with Gasteiger partial charge in [-0.15, -0.1) is 0 Å². The Labute approximate surface area is 138 Å². The van der Waals surface area contributed by atoms with Crippen molar-refractivity contribution >= 4 is 23.7 Å². The van der Waals surface area contributed by atoms with Crippen molar-refractivity contribution in [2.24, 2.45) is 5.10 Å². The maximum atomic E-state index is 12.1. The molecule has 0 bridgehead atoms. The molecule has 23 heavy (non-hydrogen) atoms. The molecule has 2 aromatic carbocycles. The first kappa shape index (κ1) is 15.4. The van der Waals surface area contributed by atoms with Gasteiger partial charge >= 0.3 is 0 Å². The molecule has 0 unspecified atom stereocenters. The Morgan fingerprint density at radius 2 is 1.91 bits per heavy atom. The number of halogens is 1. The Morgan fingerprint density at radius 1 is 1.13 bits per heavy atom. The molecule has 118 valence electrons. The Balaban J connectivity index is 1.69. The van der Waals surface area contributed by atoms with Crippen LogP contribution < -0.4 is 14.9 Å². The highest BCUT2D eigenvalue weighted by Crippen LogP contribution is 2.30. The van der Waals surface area contributed by atoms with E-state index in [2.05, 4.69) is 10.5 Å². The lowest BCUT2D eigenvalue weighted by Gasteiger charge is -2.08. The number of hydrazone groups is 1. The highest BCUT2D eigenvalue weighted by atomic mass is 35.5. The summed E-state index contributed by atoms with van der Waals surface area (Å²) in [7, 11) is 0. The maximum absolute atomic E-state index is 12.1. The van der Waals surface area contributed by atoms with E-state index in [4.69, 9.17) is 21.1 Å². The van der Waals surface area contributed by atoms with Gasteiger partial charge in [-0.1, -0.05) is 29.8 Å². The van der Waals surface area contributed by atoms with Gasteiger partial charge in [0.2, 0.25) is 0 Å². The molecule has 1 aliphatic heterocycles. The highest BCUT2D eigenvalue weighted by Gasteiger charge is 2.13. The Kier molecular flexibility index (Phi) is 4.78. The van der Waals surface area contributed by atoms with Gasteiger partial charge in [0.05, 0.1) is 19.4 Å². The third kappa shape index (κ3) is 3.81. The summed E-state index contributed by atoms with van der Waals surface area (Å²) in [6.07, 6.45) is 2.32. The van der Waals surface area contributed by atoms with Crippen LogP contribution in [0.5, 0.6) is 11.5 Å². The summed E-state index contributed by atoms with van der Waals surface area (Å²) in [5, 5.41) is 4.50. The van der Waals surface area contributed by atoms with Gasteiger partial charge in [0, 0.05) is 22.6 Å². The second kappa shape index (κ2) is 7.15. The van der Waals surface area contributed by atoms with E-state index in [0.717, 1.165) is 12.0 Å². The molecule has 3 rings (SSSR count). The first-order valence-electron chi connectivity index (χ1n) is 7.21. The molecule has 5 nitrogen and oxygen atoms in total. The number of rotatable bonds is 3. The zero-order valence-corrected chi connectivity index (χ0v) is 13.0. The molecular weight excluding hydrogens is 316 g/mol. The van der Waals surface area contributed by atoms with E-state index in [0.29, 0.717) is 35.3 Å². The van der Waals surface area contributed by atoms with Gasteiger partial charge < -0.3 is 9.47 Å². The number of fused-ring (bicyclic) bond motifs is 1. The van der Waals surface area contributed by atoms with Crippen LogP contribution in [0.25, 0.3) is 0 Å². The standard InChI is InChI=1S/C17H15ClN2O3/c18-14-5-2-1-4-13(14)11-19-20-17(21)12-6-7-15-16(10-12)23-9-3-8-22-15/h1-2,4-7,10-11H,3,8-9H2,(H,20,21)/b19-11+. The molecule has 0 saturated heterocycles. The molecule has 0 aliphatic carbocycles. The zero-order chi connectivity index (χ0) is 16.1. The molecule has 0 radical (unpaired) electrons. The highest BCUT2D eigenvalue weighted by molar-refractivity contribution is 6.33. The van der Waals surface area contributed by atoms with E-state index < -0.39 is 0 Å². The quantitative estimate of drug-likeness (QED) is 0.694. The molecule has 6 heteroatoms. The summed E-state index contributed by atoms with van der Waals surface area (Å²) >= 11 is 6.02. The molecule has 1 aliphatic rings. The Hall–Kier alpha value is -2.53. The van der Waals surface area contributed by atoms with E-state index >= 15 is 0 Å². The van der Waals surface area contributed by atoms with E-state index in [9.17, 15) is 4.79 Å². The minimum Gasteiger partial charge on any atom is -0.490 e. The smallest absolute Gasteiger partial charge is 0.271 e. The third-order valence-corrected chi connectivity index (χ3v) is 3.63. The van der Waals surface area contributed by atoms with E-state index in [-0.39, 0.29) is 5.91 Å². The molecule has 0 atom stereocenters. The average Bonchev–Trinajstić information content (AvgIpc) is 2.81. The van der Waals surface area contributed by atoms with Crippen molar-refractivity contribution in [3.63, 3.8) is 0 Å². The van der Waals surface area contributed by atoms with E-state index in [1.54, 1.807) is 24.3 Å². The Bertz CT molecular complexity index is 746. The van der Waals surface area contributed by atoms with Crippen LogP contribution in [0, 0.1) is 0 Å². The fraction of sp³-hybridized carbons (Fsp3) is 0.176. The van der Waals surface area contributed by atoms with Gasteiger partial charge in [-0.2, -0.15) is 5.10 Å². The fourth-order valence-electron chi connectivity index (χ4n) is 2.11. The lowest BCUT2D eigenvalue weighted by atomic mass is 10.2. The lowest BCUT2D eigenvalue weighted by Crippen LogP contribution is -2.17. The number of hydrogen-bond donors (Lipinski definition) is 1. The van der Waals surface area contributed by atoms with Crippen LogP contribution >= 0.6 is 11.6 Å². The van der Waals surface area contributed by atoms with Crippen molar-refractivity contribution in [3.8, 4) is 11.5 Å². The molecule has 0 spiro atoms. The van der Waals surface area contributed by atoms with Crippen molar-refractivity contribution in [1.82, 2.24) is 5.43 Å². The first-order valence-corrected chi connectivity index (χ1v) is 7.59. The molecule has 0 aromatic heterocycles. The predicted octanol–water partition coefficient (Wildman–Crippen LogP) is 3.27. The summed E-state index contributed by atoms with van der Waals surface area (Å²) < 4.78 is 11.1. The van der Waals surface area contributed by atoms with Crippen LogP contribution in [-0.2, 0) is 0 Å². The van der Waals surface area contributed by atoms with Gasteiger partial charge in [0.1, 0.15) is 0 Å². The van der Waals surface area contributed by atoms with Crippen LogP contribution in [0.2, 0.25) is 5.02 Å². The second-order valence-electron chi connectivity index (χ2n) is 4.93. The van der Waals surface area contributed by atoms with E-state index in [1.807, 2.05) is 18.2 Å². The summed E-state index contributed by atoms with van der Waals surface area (Å²) in [6.45, 7) is 1.18. The molecule has 2 aromatic rings. The van der Waals surface area contributed by atoms with Gasteiger partial charge in [-0.25, -0.2) is 5.43 Å². The number of carbonyl (C=O) groups excluding carboxylic acids is 1. The van der Waals surface area contributed by atoms with Crippen molar-refractivity contribution < 1.29 is 14.3 Å². The van der Waals surface area contributed by atoms with Crippen molar-refractivity contribution in [2.75, 3.05) is 13.2 Å². The zero-order valence-electron chi connectivity index (χ0n) is 12.3. The number of nitrogens with one attached hydrogen (secondary N) is 1. The number of nitrogens with zero attached hydrogens (tertiary/aromatic N) is 1. The van der Waals surface area contributed by atoms with Crippen molar-refractivity contribution in [3.05, 3.63) is 58.6 Å². The number of carbonyl (C=O) groups is 1.